The third-order valence-electron chi connectivity index (χ3n) is 5.36. The lowest BCUT2D eigenvalue weighted by atomic mass is 10.1. The smallest absolute Gasteiger partial charge is 0.416 e. The van der Waals surface area contributed by atoms with Gasteiger partial charge in [0.25, 0.3) is 17.7 Å². The minimum atomic E-state index is -4.61. The molecular weight excluding hydrogens is 516 g/mol. The zero-order valence-corrected chi connectivity index (χ0v) is 19.2. The summed E-state index contributed by atoms with van der Waals surface area (Å²) in [6, 6.07) is 7.46. The number of alkyl halides is 5. The second-order valence-corrected chi connectivity index (χ2v) is 8.64. The van der Waals surface area contributed by atoms with Crippen LogP contribution in [-0.4, -0.2) is 22.6 Å². The third-order valence-corrected chi connectivity index (χ3v) is 5.91. The van der Waals surface area contributed by atoms with Gasteiger partial charge >= 0.3 is 6.18 Å². The van der Waals surface area contributed by atoms with Crippen molar-refractivity contribution in [2.75, 3.05) is 6.54 Å². The van der Waals surface area contributed by atoms with Crippen molar-refractivity contribution >= 4 is 29.1 Å². The van der Waals surface area contributed by atoms with Gasteiger partial charge in [-0.1, -0.05) is 29.3 Å². The summed E-state index contributed by atoms with van der Waals surface area (Å²) >= 11 is 11.6. The van der Waals surface area contributed by atoms with E-state index in [4.69, 9.17) is 27.9 Å². The van der Waals surface area contributed by atoms with Crippen molar-refractivity contribution in [2.45, 2.75) is 31.4 Å². The van der Waals surface area contributed by atoms with Gasteiger partial charge in [-0.25, -0.2) is 0 Å². The van der Waals surface area contributed by atoms with Gasteiger partial charge in [0.15, 0.2) is 0 Å². The molecule has 0 radical (unpaired) electrons. The van der Waals surface area contributed by atoms with Crippen LogP contribution in [-0.2, 0) is 24.9 Å². The Kier molecular flexibility index (Phi) is 6.88. The minimum absolute atomic E-state index is 0.150. The molecule has 3 aromatic rings. The summed E-state index contributed by atoms with van der Waals surface area (Å²) in [4.78, 5) is 13.0. The van der Waals surface area contributed by atoms with Crippen LogP contribution in [0.25, 0.3) is 0 Å². The monoisotopic (exact) mass is 531 g/mol. The Morgan fingerprint density at radius 1 is 1.03 bits per heavy atom. The summed E-state index contributed by atoms with van der Waals surface area (Å²) in [6.07, 6.45) is -3.04. The highest BCUT2D eigenvalue weighted by Crippen LogP contribution is 2.36. The molecule has 2 aromatic carbocycles. The molecule has 12 heteroatoms. The molecular formula is C23H16Cl2F5N3O2. The molecule has 1 N–H and O–H groups in total. The van der Waals surface area contributed by atoms with E-state index < -0.39 is 35.7 Å². The second kappa shape index (κ2) is 9.58. The fourth-order valence-electron chi connectivity index (χ4n) is 3.71. The molecule has 0 atom stereocenters. The van der Waals surface area contributed by atoms with E-state index in [1.807, 2.05) is 0 Å². The highest BCUT2D eigenvalue weighted by molar-refractivity contribution is 6.35. The maximum Gasteiger partial charge on any atom is 0.416 e. The number of nitrogens with one attached hydrogen (secondary N) is 1. The number of hydrogen-bond donors (Lipinski definition) is 1. The summed E-state index contributed by atoms with van der Waals surface area (Å²) in [5.41, 5.74) is -0.689. The van der Waals surface area contributed by atoms with E-state index in [-0.39, 0.29) is 27.2 Å². The van der Waals surface area contributed by atoms with Crippen molar-refractivity contribution in [1.82, 2.24) is 15.5 Å². The van der Waals surface area contributed by atoms with E-state index in [9.17, 15) is 26.7 Å². The topological polar surface area (TPSA) is 64.1 Å². The van der Waals surface area contributed by atoms with Crippen LogP contribution >= 0.6 is 23.2 Å². The lowest BCUT2D eigenvalue weighted by Crippen LogP contribution is -2.36. The summed E-state index contributed by atoms with van der Waals surface area (Å²) in [7, 11) is 0. The maximum atomic E-state index is 14.8. The molecule has 35 heavy (non-hydrogen) atoms. The predicted molar refractivity (Wildman–Crippen MR) is 118 cm³/mol. The molecule has 1 aromatic heterocycles. The van der Waals surface area contributed by atoms with Gasteiger partial charge in [-0.2, -0.15) is 27.1 Å². The molecule has 0 bridgehead atoms. The molecule has 1 heterocycles. The van der Waals surface area contributed by atoms with Crippen molar-refractivity contribution in [3.05, 3.63) is 80.5 Å². The molecule has 0 fully saturated rings. The number of carbonyl (C=O) groups excluding carboxylic acids is 1. The van der Waals surface area contributed by atoms with E-state index in [2.05, 4.69) is 15.5 Å². The number of nitrogens with zero attached hydrogens (tertiary/aromatic N) is 2. The van der Waals surface area contributed by atoms with Crippen molar-refractivity contribution < 1.29 is 31.5 Å². The quantitative estimate of drug-likeness (QED) is 0.364. The number of aryl methyl sites for hydroxylation is 1. The van der Waals surface area contributed by atoms with Crippen molar-refractivity contribution in [3.8, 4) is 11.6 Å². The first-order valence-corrected chi connectivity index (χ1v) is 11.1. The Hall–Kier alpha value is -2.98. The molecule has 0 spiro atoms. The lowest BCUT2D eigenvalue weighted by molar-refractivity contribution is -0.137. The third kappa shape index (κ3) is 5.48. The maximum absolute atomic E-state index is 14.8. The van der Waals surface area contributed by atoms with Gasteiger partial charge in [0.05, 0.1) is 22.8 Å². The summed E-state index contributed by atoms with van der Waals surface area (Å²) in [6.45, 7) is -1.10. The van der Waals surface area contributed by atoms with E-state index in [1.165, 1.54) is 12.1 Å². The van der Waals surface area contributed by atoms with Crippen LogP contribution in [0.1, 0.15) is 39.2 Å². The Bertz CT molecular complexity index is 1280. The number of aromatic nitrogens is 2. The van der Waals surface area contributed by atoms with Crippen LogP contribution in [0.3, 0.4) is 0 Å². The van der Waals surface area contributed by atoms with Crippen molar-refractivity contribution in [1.29, 1.82) is 0 Å². The number of carbonyl (C=O) groups is 1. The molecule has 4 rings (SSSR count). The van der Waals surface area contributed by atoms with E-state index in [1.54, 1.807) is 0 Å². The first kappa shape index (κ1) is 25.1. The van der Waals surface area contributed by atoms with Gasteiger partial charge < -0.3 is 10.1 Å². The molecule has 0 unspecified atom stereocenters. The largest absolute Gasteiger partial charge is 0.437 e. The highest BCUT2D eigenvalue weighted by atomic mass is 35.5. The van der Waals surface area contributed by atoms with Gasteiger partial charge in [-0.15, -0.1) is 5.10 Å². The molecule has 1 amide bonds. The lowest BCUT2D eigenvalue weighted by Gasteiger charge is -2.20. The zero-order chi connectivity index (χ0) is 25.4. The number of rotatable bonds is 6. The Labute approximate surface area is 206 Å². The summed E-state index contributed by atoms with van der Waals surface area (Å²) in [5.74, 6) is -5.08. The number of ether oxygens (including phenoxy) is 1. The Morgan fingerprint density at radius 3 is 2.51 bits per heavy atom. The van der Waals surface area contributed by atoms with Gasteiger partial charge in [0.1, 0.15) is 11.3 Å². The summed E-state index contributed by atoms with van der Waals surface area (Å²) in [5, 5.41) is 9.91. The predicted octanol–water partition coefficient (Wildman–Crippen LogP) is 6.61. The molecule has 0 aliphatic heterocycles. The van der Waals surface area contributed by atoms with Crippen molar-refractivity contribution in [3.63, 3.8) is 0 Å². The SMILES string of the molecule is O=C(NCC(F)(F)c1ccc(Cl)cc1Cl)c1c(Oc2cccc(C(F)(F)F)c2)nnc2c1CCC2. The van der Waals surface area contributed by atoms with E-state index in [0.717, 1.165) is 30.3 Å². The fraction of sp³-hybridized carbons (Fsp3) is 0.261. The average molecular weight is 532 g/mol. The Balaban J connectivity index is 1.62. The number of fused-ring (bicyclic) bond motifs is 1. The molecule has 5 nitrogen and oxygen atoms in total. The van der Waals surface area contributed by atoms with Crippen LogP contribution in [0.4, 0.5) is 22.0 Å². The number of amides is 1. The summed E-state index contributed by atoms with van der Waals surface area (Å²) < 4.78 is 74.3. The second-order valence-electron chi connectivity index (χ2n) is 7.80. The zero-order valence-electron chi connectivity index (χ0n) is 17.7. The molecule has 1 aliphatic carbocycles. The molecule has 1 aliphatic rings. The van der Waals surface area contributed by atoms with Gasteiger partial charge in [0.2, 0.25) is 0 Å². The highest BCUT2D eigenvalue weighted by Gasteiger charge is 2.36. The fourth-order valence-corrected chi connectivity index (χ4v) is 4.25. The number of benzene rings is 2. The van der Waals surface area contributed by atoms with E-state index in [0.29, 0.717) is 30.5 Å². The van der Waals surface area contributed by atoms with Crippen LogP contribution in [0.5, 0.6) is 11.6 Å². The first-order chi connectivity index (χ1) is 16.5. The van der Waals surface area contributed by atoms with Gasteiger partial charge in [-0.05, 0) is 61.2 Å². The molecule has 0 saturated heterocycles. The van der Waals surface area contributed by atoms with Crippen LogP contribution in [0.2, 0.25) is 10.0 Å². The number of halogens is 7. The van der Waals surface area contributed by atoms with Crippen molar-refractivity contribution in [2.24, 2.45) is 0 Å². The van der Waals surface area contributed by atoms with E-state index >= 15 is 0 Å². The average Bonchev–Trinajstić information content (AvgIpc) is 3.25. The first-order valence-electron chi connectivity index (χ1n) is 10.3. The standard InChI is InChI=1S/C23H16Cl2F5N3O2/c24-13-7-8-16(17(25)10-13)22(26,27)11-31-20(34)19-15-5-2-6-18(15)32-33-21(19)35-14-4-1-3-12(9-14)23(28,29)30/h1,3-4,7-10H,2,5-6,11H2,(H,31,34). The minimum Gasteiger partial charge on any atom is -0.437 e. The van der Waals surface area contributed by atoms with Crippen LogP contribution in [0.15, 0.2) is 42.5 Å². The van der Waals surface area contributed by atoms with Gasteiger partial charge in [0, 0.05) is 10.6 Å². The van der Waals surface area contributed by atoms with Gasteiger partial charge in [-0.3, -0.25) is 4.79 Å². The van der Waals surface area contributed by atoms with Crippen LogP contribution < -0.4 is 10.1 Å². The number of hydrogen-bond acceptors (Lipinski definition) is 4. The molecule has 0 saturated carbocycles. The molecule has 184 valence electrons. The van der Waals surface area contributed by atoms with Crippen LogP contribution in [0, 0.1) is 0 Å². The normalized spacial score (nSPS) is 13.5. The Morgan fingerprint density at radius 2 is 1.80 bits per heavy atom.